The molecule has 0 saturated carbocycles. The van der Waals surface area contributed by atoms with Crippen LogP contribution < -0.4 is 0 Å². The molecule has 2 N–H and O–H groups in total. The van der Waals surface area contributed by atoms with Gasteiger partial charge in [-0.2, -0.15) is 0 Å². The van der Waals surface area contributed by atoms with E-state index < -0.39 is 12.1 Å². The lowest BCUT2D eigenvalue weighted by molar-refractivity contribution is -0.137. The molecule has 0 aromatic carbocycles. The number of aliphatic carboxylic acids is 1. The SMILES string of the molecule is CCCCCC(=O)C=CC1=C(CCCCCCC(=O)O)C(=O)CC1O. The van der Waals surface area contributed by atoms with Crippen molar-refractivity contribution in [2.45, 2.75) is 83.7 Å². The summed E-state index contributed by atoms with van der Waals surface area (Å²) in [6, 6.07) is 0. The van der Waals surface area contributed by atoms with Crippen LogP contribution in [0.2, 0.25) is 0 Å². The summed E-state index contributed by atoms with van der Waals surface area (Å²) >= 11 is 0. The van der Waals surface area contributed by atoms with Crippen molar-refractivity contribution in [3.8, 4) is 0 Å². The van der Waals surface area contributed by atoms with Gasteiger partial charge in [-0.05, 0) is 37.3 Å². The Balaban J connectivity index is 2.52. The summed E-state index contributed by atoms with van der Waals surface area (Å²) in [6.07, 6.45) is 9.69. The van der Waals surface area contributed by atoms with Crippen LogP contribution in [0.25, 0.3) is 0 Å². The van der Waals surface area contributed by atoms with Crippen LogP contribution in [0, 0.1) is 0 Å². The van der Waals surface area contributed by atoms with Gasteiger partial charge in [-0.3, -0.25) is 14.4 Å². The van der Waals surface area contributed by atoms with Gasteiger partial charge < -0.3 is 10.2 Å². The maximum Gasteiger partial charge on any atom is 0.303 e. The Morgan fingerprint density at radius 3 is 2.44 bits per heavy atom. The molecule has 0 spiro atoms. The molecule has 0 aromatic heterocycles. The molecule has 1 atom stereocenters. The highest BCUT2D eigenvalue weighted by Crippen LogP contribution is 2.28. The fourth-order valence-corrected chi connectivity index (χ4v) is 3.01. The average Bonchev–Trinajstić information content (AvgIpc) is 2.82. The van der Waals surface area contributed by atoms with Crippen LogP contribution in [0.1, 0.15) is 77.6 Å². The molecule has 0 fully saturated rings. The van der Waals surface area contributed by atoms with Crippen LogP contribution in [0.15, 0.2) is 23.3 Å². The first-order valence-electron chi connectivity index (χ1n) is 9.32. The number of rotatable bonds is 13. The minimum atomic E-state index is -0.811. The fourth-order valence-electron chi connectivity index (χ4n) is 3.01. The zero-order chi connectivity index (χ0) is 18.7. The third kappa shape index (κ3) is 8.25. The van der Waals surface area contributed by atoms with Gasteiger partial charge >= 0.3 is 5.97 Å². The summed E-state index contributed by atoms with van der Waals surface area (Å²) in [6.45, 7) is 2.08. The lowest BCUT2D eigenvalue weighted by Crippen LogP contribution is -2.05. The van der Waals surface area contributed by atoms with Crippen LogP contribution in [0.3, 0.4) is 0 Å². The monoisotopic (exact) mass is 350 g/mol. The van der Waals surface area contributed by atoms with Gasteiger partial charge in [0.05, 0.1) is 6.10 Å². The number of Topliss-reactive ketones (excluding diaryl/α,β-unsaturated/α-hetero) is 1. The van der Waals surface area contributed by atoms with E-state index in [-0.39, 0.29) is 24.4 Å². The van der Waals surface area contributed by atoms with Gasteiger partial charge in [0, 0.05) is 24.8 Å². The Hall–Kier alpha value is -1.75. The molecule has 0 saturated heterocycles. The summed E-state index contributed by atoms with van der Waals surface area (Å²) in [4.78, 5) is 34.3. The summed E-state index contributed by atoms with van der Waals surface area (Å²) in [5.74, 6) is -0.801. The fraction of sp³-hybridized carbons (Fsp3) is 0.650. The predicted octanol–water partition coefficient (Wildman–Crippen LogP) is 3.75. The quantitative estimate of drug-likeness (QED) is 0.390. The van der Waals surface area contributed by atoms with Crippen molar-refractivity contribution in [2.24, 2.45) is 0 Å². The Morgan fingerprint density at radius 1 is 1.08 bits per heavy atom. The van der Waals surface area contributed by atoms with E-state index in [4.69, 9.17) is 5.11 Å². The van der Waals surface area contributed by atoms with Crippen LogP contribution in [-0.4, -0.2) is 33.9 Å². The molecule has 140 valence electrons. The topological polar surface area (TPSA) is 91.7 Å². The van der Waals surface area contributed by atoms with Crippen LogP contribution in [0.4, 0.5) is 0 Å². The molecule has 1 aliphatic rings. The molecule has 0 aliphatic heterocycles. The van der Waals surface area contributed by atoms with E-state index in [2.05, 4.69) is 6.92 Å². The Bertz CT molecular complexity index is 530. The number of hydrogen-bond donors (Lipinski definition) is 2. The number of ketones is 2. The number of aliphatic hydroxyl groups excluding tert-OH is 1. The molecular formula is C20H30O5. The van der Waals surface area contributed by atoms with Gasteiger partial charge in [-0.25, -0.2) is 0 Å². The van der Waals surface area contributed by atoms with E-state index in [1.807, 2.05) is 0 Å². The lowest BCUT2D eigenvalue weighted by Gasteiger charge is -2.05. The van der Waals surface area contributed by atoms with E-state index in [9.17, 15) is 19.5 Å². The normalized spacial score (nSPS) is 17.7. The highest BCUT2D eigenvalue weighted by molar-refractivity contribution is 6.00. The van der Waals surface area contributed by atoms with E-state index >= 15 is 0 Å². The average molecular weight is 350 g/mol. The Morgan fingerprint density at radius 2 is 1.76 bits per heavy atom. The molecule has 5 nitrogen and oxygen atoms in total. The number of carbonyl (C=O) groups excluding carboxylic acids is 2. The van der Waals surface area contributed by atoms with E-state index in [1.54, 1.807) is 6.08 Å². The zero-order valence-corrected chi connectivity index (χ0v) is 15.1. The Kier molecular flexibility index (Phi) is 10.0. The summed E-state index contributed by atoms with van der Waals surface area (Å²) in [5, 5.41) is 18.7. The van der Waals surface area contributed by atoms with Gasteiger partial charge in [-0.1, -0.05) is 38.7 Å². The Labute approximate surface area is 149 Å². The van der Waals surface area contributed by atoms with Gasteiger partial charge in [0.15, 0.2) is 11.6 Å². The molecule has 1 aliphatic carbocycles. The largest absolute Gasteiger partial charge is 0.481 e. The van der Waals surface area contributed by atoms with Crippen molar-refractivity contribution in [1.29, 1.82) is 0 Å². The van der Waals surface area contributed by atoms with Crippen molar-refractivity contribution >= 4 is 17.5 Å². The van der Waals surface area contributed by atoms with E-state index in [0.29, 0.717) is 30.4 Å². The third-order valence-corrected chi connectivity index (χ3v) is 4.47. The second kappa shape index (κ2) is 11.7. The maximum atomic E-state index is 12.0. The van der Waals surface area contributed by atoms with Crippen LogP contribution in [-0.2, 0) is 14.4 Å². The summed E-state index contributed by atoms with van der Waals surface area (Å²) in [7, 11) is 0. The zero-order valence-electron chi connectivity index (χ0n) is 15.1. The van der Waals surface area contributed by atoms with Crippen molar-refractivity contribution in [1.82, 2.24) is 0 Å². The lowest BCUT2D eigenvalue weighted by atomic mass is 10.0. The number of hydrogen-bond acceptors (Lipinski definition) is 4. The summed E-state index contributed by atoms with van der Waals surface area (Å²) in [5.41, 5.74) is 1.21. The van der Waals surface area contributed by atoms with Crippen molar-refractivity contribution in [3.05, 3.63) is 23.3 Å². The molecule has 0 heterocycles. The molecule has 0 amide bonds. The molecular weight excluding hydrogens is 320 g/mol. The smallest absolute Gasteiger partial charge is 0.303 e. The van der Waals surface area contributed by atoms with Crippen molar-refractivity contribution in [3.63, 3.8) is 0 Å². The van der Waals surface area contributed by atoms with Gasteiger partial charge in [0.1, 0.15) is 0 Å². The number of aliphatic hydroxyl groups is 1. The molecule has 1 unspecified atom stereocenters. The predicted molar refractivity (Wildman–Crippen MR) is 96.3 cm³/mol. The van der Waals surface area contributed by atoms with Gasteiger partial charge in [-0.15, -0.1) is 0 Å². The first kappa shape index (κ1) is 21.3. The molecule has 0 radical (unpaired) electrons. The molecule has 5 heteroatoms. The standard InChI is InChI=1S/C20H30O5/c1-2-3-6-9-15(21)12-13-17-16(18(22)14-19(17)23)10-7-4-5-8-11-20(24)25/h12-13,19,23H,2-11,14H2,1H3,(H,24,25). The summed E-state index contributed by atoms with van der Waals surface area (Å²) < 4.78 is 0. The third-order valence-electron chi connectivity index (χ3n) is 4.47. The van der Waals surface area contributed by atoms with E-state index in [0.717, 1.165) is 38.5 Å². The van der Waals surface area contributed by atoms with Gasteiger partial charge in [0.25, 0.3) is 0 Å². The minimum absolute atomic E-state index is 0.0283. The first-order valence-corrected chi connectivity index (χ1v) is 9.32. The number of carboxylic acids is 1. The molecule has 25 heavy (non-hydrogen) atoms. The highest BCUT2D eigenvalue weighted by Gasteiger charge is 2.28. The molecule has 0 bridgehead atoms. The second-order valence-corrected chi connectivity index (χ2v) is 6.64. The maximum absolute atomic E-state index is 12.0. The van der Waals surface area contributed by atoms with E-state index in [1.165, 1.54) is 6.08 Å². The molecule has 1 rings (SSSR count). The first-order chi connectivity index (χ1) is 12.0. The number of allylic oxidation sites excluding steroid dienone is 2. The number of carbonyl (C=O) groups is 3. The van der Waals surface area contributed by atoms with Gasteiger partial charge in [0.2, 0.25) is 0 Å². The number of carboxylic acid groups (broad SMARTS) is 1. The van der Waals surface area contributed by atoms with Crippen LogP contribution >= 0.6 is 0 Å². The number of unbranched alkanes of at least 4 members (excludes halogenated alkanes) is 5. The minimum Gasteiger partial charge on any atom is -0.481 e. The van der Waals surface area contributed by atoms with Crippen LogP contribution in [0.5, 0.6) is 0 Å². The molecule has 0 aromatic rings. The second-order valence-electron chi connectivity index (χ2n) is 6.64. The van der Waals surface area contributed by atoms with Crippen molar-refractivity contribution in [2.75, 3.05) is 0 Å². The highest BCUT2D eigenvalue weighted by atomic mass is 16.4. The van der Waals surface area contributed by atoms with Crippen molar-refractivity contribution < 1.29 is 24.6 Å².